The fourth-order valence-corrected chi connectivity index (χ4v) is 4.21. The second-order valence-electron chi connectivity index (χ2n) is 6.31. The summed E-state index contributed by atoms with van der Waals surface area (Å²) in [5, 5.41) is 0.615. The fraction of sp³-hybridized carbons (Fsp3) is 0.158. The van der Waals surface area contributed by atoms with E-state index in [1.165, 1.54) is 37.3 Å². The minimum Gasteiger partial charge on any atom is -0.481 e. The Kier molecular flexibility index (Phi) is 6.37. The number of carbonyl (C=O) groups is 1. The summed E-state index contributed by atoms with van der Waals surface area (Å²) in [5.74, 6) is -0.498. The molecule has 1 aromatic heterocycles. The topological polar surface area (TPSA) is 115 Å². The predicted molar refractivity (Wildman–Crippen MR) is 112 cm³/mol. The van der Waals surface area contributed by atoms with E-state index in [0.29, 0.717) is 5.58 Å². The van der Waals surface area contributed by atoms with Gasteiger partial charge in [-0.1, -0.05) is 29.3 Å². The number of ether oxygens (including phenoxy) is 1. The minimum atomic E-state index is -4.16. The molecule has 0 spiro atoms. The third-order valence-corrected chi connectivity index (χ3v) is 6.34. The Morgan fingerprint density at radius 2 is 1.90 bits per heavy atom. The van der Waals surface area contributed by atoms with Gasteiger partial charge in [0.1, 0.15) is 16.2 Å². The predicted octanol–water partition coefficient (Wildman–Crippen LogP) is 3.19. The van der Waals surface area contributed by atoms with Gasteiger partial charge in [0, 0.05) is 17.5 Å². The maximum atomic E-state index is 12.3. The van der Waals surface area contributed by atoms with Gasteiger partial charge in [0.05, 0.1) is 10.0 Å². The summed E-state index contributed by atoms with van der Waals surface area (Å²) in [4.78, 5) is 25.4. The SMILES string of the molecule is Cc1cc(=O)oc2cc(OC(C)C(=O)NNS(=O)(=O)c3cccc(Cl)c3Cl)ccc12. The van der Waals surface area contributed by atoms with Gasteiger partial charge in [-0.05, 0) is 43.7 Å². The van der Waals surface area contributed by atoms with E-state index in [1.54, 1.807) is 19.1 Å². The van der Waals surface area contributed by atoms with Crippen molar-refractivity contribution in [3.8, 4) is 5.75 Å². The Hall–Kier alpha value is -2.59. The number of hydrazine groups is 1. The van der Waals surface area contributed by atoms with E-state index in [2.05, 4.69) is 5.43 Å². The molecule has 0 saturated carbocycles. The first-order chi connectivity index (χ1) is 14.1. The molecular formula is C19H16Cl2N2O6S. The lowest BCUT2D eigenvalue weighted by Crippen LogP contribution is -2.47. The quantitative estimate of drug-likeness (QED) is 0.422. The van der Waals surface area contributed by atoms with Crippen molar-refractivity contribution in [2.75, 3.05) is 0 Å². The lowest BCUT2D eigenvalue weighted by atomic mass is 10.1. The summed E-state index contributed by atoms with van der Waals surface area (Å²) in [6, 6.07) is 10.2. The number of hydrogen-bond donors (Lipinski definition) is 2. The summed E-state index contributed by atoms with van der Waals surface area (Å²) in [5.41, 5.74) is 2.61. The number of amides is 1. The maximum absolute atomic E-state index is 12.3. The second kappa shape index (κ2) is 8.65. The van der Waals surface area contributed by atoms with E-state index < -0.39 is 27.7 Å². The van der Waals surface area contributed by atoms with Gasteiger partial charge in [-0.15, -0.1) is 4.83 Å². The van der Waals surface area contributed by atoms with Crippen molar-refractivity contribution in [3.05, 3.63) is 68.5 Å². The van der Waals surface area contributed by atoms with Crippen molar-refractivity contribution < 1.29 is 22.4 Å². The third-order valence-electron chi connectivity index (χ3n) is 4.12. The fourth-order valence-electron chi connectivity index (χ4n) is 2.60. The number of rotatable bonds is 6. The van der Waals surface area contributed by atoms with Crippen LogP contribution in [-0.2, 0) is 14.8 Å². The highest BCUT2D eigenvalue weighted by molar-refractivity contribution is 7.89. The van der Waals surface area contributed by atoms with E-state index in [-0.39, 0.29) is 20.7 Å². The summed E-state index contributed by atoms with van der Waals surface area (Å²) in [7, 11) is -4.16. The highest BCUT2D eigenvalue weighted by Crippen LogP contribution is 2.28. The number of fused-ring (bicyclic) bond motifs is 1. The summed E-state index contributed by atoms with van der Waals surface area (Å²) >= 11 is 11.7. The van der Waals surface area contributed by atoms with Gasteiger partial charge >= 0.3 is 5.63 Å². The first-order valence-electron chi connectivity index (χ1n) is 8.55. The molecular weight excluding hydrogens is 455 g/mol. The van der Waals surface area contributed by atoms with Crippen molar-refractivity contribution in [1.29, 1.82) is 0 Å². The molecule has 11 heteroatoms. The van der Waals surface area contributed by atoms with Gasteiger partial charge in [0.25, 0.3) is 15.9 Å². The highest BCUT2D eigenvalue weighted by Gasteiger charge is 2.22. The van der Waals surface area contributed by atoms with Crippen molar-refractivity contribution in [3.63, 3.8) is 0 Å². The molecule has 2 N–H and O–H groups in total. The van der Waals surface area contributed by atoms with E-state index >= 15 is 0 Å². The van der Waals surface area contributed by atoms with Crippen LogP contribution in [0.1, 0.15) is 12.5 Å². The van der Waals surface area contributed by atoms with Crippen LogP contribution in [0.3, 0.4) is 0 Å². The molecule has 1 atom stereocenters. The standard InChI is InChI=1S/C19H16Cl2N2O6S/c1-10-8-17(24)29-15-9-12(6-7-13(10)15)28-11(2)19(25)22-23-30(26,27)16-5-3-4-14(20)18(16)21/h3-9,11,23H,1-2H3,(H,22,25). The summed E-state index contributed by atoms with van der Waals surface area (Å²) in [6.45, 7) is 3.20. The molecule has 0 aliphatic heterocycles. The Bertz CT molecular complexity index is 1290. The van der Waals surface area contributed by atoms with Crippen LogP contribution in [0.4, 0.5) is 0 Å². The molecule has 0 radical (unpaired) electrons. The molecule has 0 aliphatic rings. The smallest absolute Gasteiger partial charge is 0.336 e. The van der Waals surface area contributed by atoms with Gasteiger partial charge in [-0.2, -0.15) is 0 Å². The van der Waals surface area contributed by atoms with Crippen LogP contribution in [0.15, 0.2) is 56.6 Å². The van der Waals surface area contributed by atoms with Crippen molar-refractivity contribution in [2.45, 2.75) is 24.8 Å². The van der Waals surface area contributed by atoms with E-state index in [9.17, 15) is 18.0 Å². The molecule has 158 valence electrons. The first-order valence-corrected chi connectivity index (χ1v) is 10.8. The number of hydrogen-bond acceptors (Lipinski definition) is 6. The second-order valence-corrected chi connectivity index (χ2v) is 8.75. The normalized spacial score (nSPS) is 12.5. The third kappa shape index (κ3) is 4.76. The molecule has 2 aromatic carbocycles. The number of benzene rings is 2. The Morgan fingerprint density at radius 1 is 1.17 bits per heavy atom. The minimum absolute atomic E-state index is 0.0563. The molecule has 3 aromatic rings. The van der Waals surface area contributed by atoms with Crippen molar-refractivity contribution >= 4 is 50.1 Å². The molecule has 1 unspecified atom stereocenters. The Labute approximate surface area is 181 Å². The van der Waals surface area contributed by atoms with E-state index in [1.807, 2.05) is 4.83 Å². The molecule has 0 bridgehead atoms. The molecule has 0 fully saturated rings. The van der Waals surface area contributed by atoms with Crippen molar-refractivity contribution in [2.24, 2.45) is 0 Å². The summed E-state index contributed by atoms with van der Waals surface area (Å²) in [6.07, 6.45) is -1.07. The molecule has 1 heterocycles. The number of aryl methyl sites for hydroxylation is 1. The maximum Gasteiger partial charge on any atom is 0.336 e. The highest BCUT2D eigenvalue weighted by atomic mass is 35.5. The molecule has 0 aliphatic carbocycles. The van der Waals surface area contributed by atoms with Crippen LogP contribution < -0.4 is 20.6 Å². The molecule has 8 nitrogen and oxygen atoms in total. The van der Waals surface area contributed by atoms with E-state index in [0.717, 1.165) is 10.9 Å². The van der Waals surface area contributed by atoms with Crippen LogP contribution in [0.25, 0.3) is 11.0 Å². The van der Waals surface area contributed by atoms with Crippen LogP contribution in [0.2, 0.25) is 10.0 Å². The van der Waals surface area contributed by atoms with Gasteiger partial charge in [-0.3, -0.25) is 10.2 Å². The van der Waals surface area contributed by atoms with Crippen LogP contribution in [-0.4, -0.2) is 20.4 Å². The van der Waals surface area contributed by atoms with Crippen LogP contribution in [0.5, 0.6) is 5.75 Å². The first kappa shape index (κ1) is 22.1. The number of sulfonamides is 1. The van der Waals surface area contributed by atoms with E-state index in [4.69, 9.17) is 32.4 Å². The van der Waals surface area contributed by atoms with Crippen LogP contribution in [0, 0.1) is 6.92 Å². The number of nitrogens with one attached hydrogen (secondary N) is 2. The molecule has 1 amide bonds. The Morgan fingerprint density at radius 3 is 2.63 bits per heavy atom. The summed E-state index contributed by atoms with van der Waals surface area (Å²) < 4.78 is 35.4. The number of carbonyl (C=O) groups excluding carboxylic acids is 1. The van der Waals surface area contributed by atoms with Crippen molar-refractivity contribution in [1.82, 2.24) is 10.3 Å². The largest absolute Gasteiger partial charge is 0.481 e. The molecule has 0 saturated heterocycles. The van der Waals surface area contributed by atoms with Gasteiger partial charge in [0.2, 0.25) is 0 Å². The zero-order valence-corrected chi connectivity index (χ0v) is 18.1. The lowest BCUT2D eigenvalue weighted by Gasteiger charge is -2.16. The average Bonchev–Trinajstić information content (AvgIpc) is 2.67. The van der Waals surface area contributed by atoms with Gasteiger partial charge < -0.3 is 9.15 Å². The van der Waals surface area contributed by atoms with Gasteiger partial charge in [0.15, 0.2) is 6.10 Å². The van der Waals surface area contributed by atoms with Crippen LogP contribution >= 0.6 is 23.2 Å². The Balaban J connectivity index is 1.70. The zero-order valence-electron chi connectivity index (χ0n) is 15.7. The monoisotopic (exact) mass is 470 g/mol. The number of halogens is 2. The van der Waals surface area contributed by atoms with Gasteiger partial charge in [-0.25, -0.2) is 13.2 Å². The zero-order chi connectivity index (χ0) is 22.1. The molecule has 30 heavy (non-hydrogen) atoms. The molecule has 3 rings (SSSR count). The lowest BCUT2D eigenvalue weighted by molar-refractivity contribution is -0.127. The average molecular weight is 471 g/mol.